The number of aryl methyl sites for hydroxylation is 1. The maximum atomic E-state index is 12.3. The molecule has 3 heterocycles. The number of amides is 3. The van der Waals surface area contributed by atoms with Gasteiger partial charge in [-0.1, -0.05) is 12.1 Å². The summed E-state index contributed by atoms with van der Waals surface area (Å²) in [5, 5.41) is 10.7. The maximum Gasteiger partial charge on any atom is 0.258 e. The number of carbonyl (C=O) groups is 3. The van der Waals surface area contributed by atoms with E-state index in [1.54, 1.807) is 17.8 Å². The zero-order valence-electron chi connectivity index (χ0n) is 16.6. The third kappa shape index (κ3) is 3.95. The fourth-order valence-corrected chi connectivity index (χ4v) is 4.12. The Morgan fingerprint density at radius 3 is 2.86 bits per heavy atom. The minimum absolute atomic E-state index is 0.0851. The van der Waals surface area contributed by atoms with Gasteiger partial charge in [0.1, 0.15) is 11.3 Å². The number of benzene rings is 1. The van der Waals surface area contributed by atoms with E-state index in [4.69, 9.17) is 4.74 Å². The van der Waals surface area contributed by atoms with E-state index >= 15 is 0 Å². The average Bonchev–Trinajstić information content (AvgIpc) is 3.23. The summed E-state index contributed by atoms with van der Waals surface area (Å²) >= 11 is 0. The smallest absolute Gasteiger partial charge is 0.258 e. The van der Waals surface area contributed by atoms with Crippen LogP contribution in [0.4, 0.5) is 0 Å². The van der Waals surface area contributed by atoms with Gasteiger partial charge in [-0.05, 0) is 32.5 Å². The number of fused-ring (bicyclic) bond motifs is 1. The molecule has 29 heavy (non-hydrogen) atoms. The molecule has 4 rings (SSSR count). The first kappa shape index (κ1) is 19.4. The van der Waals surface area contributed by atoms with Gasteiger partial charge in [0.2, 0.25) is 11.8 Å². The van der Waals surface area contributed by atoms with Crippen molar-refractivity contribution in [1.29, 1.82) is 0 Å². The van der Waals surface area contributed by atoms with Gasteiger partial charge in [-0.3, -0.25) is 24.4 Å². The predicted octanol–water partition coefficient (Wildman–Crippen LogP) is 0.293. The number of nitrogens with one attached hydrogen (secondary N) is 2. The molecule has 2 aliphatic rings. The Morgan fingerprint density at radius 1 is 1.31 bits per heavy atom. The number of rotatable bonds is 5. The van der Waals surface area contributed by atoms with Crippen molar-refractivity contribution in [1.82, 2.24) is 25.3 Å². The van der Waals surface area contributed by atoms with Crippen molar-refractivity contribution in [2.45, 2.75) is 31.2 Å². The van der Waals surface area contributed by atoms with Gasteiger partial charge in [-0.25, -0.2) is 0 Å². The number of likely N-dealkylation sites (N-methyl/N-ethyl adjacent to an activating group) is 1. The van der Waals surface area contributed by atoms with Crippen molar-refractivity contribution in [2.75, 3.05) is 26.7 Å². The molecular weight excluding hydrogens is 374 g/mol. The van der Waals surface area contributed by atoms with Gasteiger partial charge in [0.25, 0.3) is 5.91 Å². The van der Waals surface area contributed by atoms with E-state index in [0.717, 1.165) is 30.4 Å². The van der Waals surface area contributed by atoms with E-state index in [1.165, 1.54) is 0 Å². The third-order valence-corrected chi connectivity index (χ3v) is 5.54. The van der Waals surface area contributed by atoms with Crippen LogP contribution in [-0.2, 0) is 21.4 Å². The second kappa shape index (κ2) is 7.82. The number of carbonyl (C=O) groups excluding carboxylic acids is 3. The Morgan fingerprint density at radius 2 is 2.14 bits per heavy atom. The highest BCUT2D eigenvalue weighted by atomic mass is 16.5. The zero-order chi connectivity index (χ0) is 20.5. The van der Waals surface area contributed by atoms with Crippen molar-refractivity contribution in [2.24, 2.45) is 7.05 Å². The van der Waals surface area contributed by atoms with E-state index in [-0.39, 0.29) is 30.4 Å². The number of ether oxygens (including phenoxy) is 1. The first-order valence-corrected chi connectivity index (χ1v) is 9.82. The summed E-state index contributed by atoms with van der Waals surface area (Å²) < 4.78 is 7.46. The first-order chi connectivity index (χ1) is 13.9. The lowest BCUT2D eigenvalue weighted by Crippen LogP contribution is -2.39. The number of piperidine rings is 1. The van der Waals surface area contributed by atoms with Crippen LogP contribution in [0, 0.1) is 0 Å². The van der Waals surface area contributed by atoms with Gasteiger partial charge in [0.15, 0.2) is 6.61 Å². The number of hydrogen-bond donors (Lipinski definition) is 2. The number of hydrogen-bond acceptors (Lipinski definition) is 6. The Labute approximate surface area is 168 Å². The summed E-state index contributed by atoms with van der Waals surface area (Å²) in [5.74, 6) is -0.678. The van der Waals surface area contributed by atoms with E-state index in [1.807, 2.05) is 19.2 Å². The van der Waals surface area contributed by atoms with E-state index in [2.05, 4.69) is 20.6 Å². The summed E-state index contributed by atoms with van der Waals surface area (Å²) in [6, 6.07) is 5.64. The second-order valence-corrected chi connectivity index (χ2v) is 7.77. The van der Waals surface area contributed by atoms with Crippen molar-refractivity contribution >= 4 is 28.6 Å². The SMILES string of the molecule is CN1CCC(NC(=O)COc2cccc3c(C4CCC(=O)NC4=O)nn(C)c23)C1. The van der Waals surface area contributed by atoms with Crippen molar-refractivity contribution in [3.05, 3.63) is 23.9 Å². The Bertz CT molecular complexity index is 969. The lowest BCUT2D eigenvalue weighted by atomic mass is 9.93. The highest BCUT2D eigenvalue weighted by Crippen LogP contribution is 2.34. The van der Waals surface area contributed by atoms with Gasteiger partial charge in [-0.2, -0.15) is 5.10 Å². The van der Waals surface area contributed by atoms with Crippen LogP contribution >= 0.6 is 0 Å². The molecule has 1 aromatic carbocycles. The van der Waals surface area contributed by atoms with Crippen LogP contribution in [-0.4, -0.2) is 65.2 Å². The van der Waals surface area contributed by atoms with E-state index < -0.39 is 5.92 Å². The molecule has 3 amide bonds. The van der Waals surface area contributed by atoms with Crippen LogP contribution in [0.25, 0.3) is 10.9 Å². The molecule has 9 heteroatoms. The normalized spacial score (nSPS) is 22.7. The molecule has 154 valence electrons. The minimum atomic E-state index is -0.477. The summed E-state index contributed by atoms with van der Waals surface area (Å²) in [7, 11) is 3.81. The summed E-state index contributed by atoms with van der Waals surface area (Å²) in [6.45, 7) is 1.74. The van der Waals surface area contributed by atoms with Crippen LogP contribution in [0.5, 0.6) is 5.75 Å². The fraction of sp³-hybridized carbons (Fsp3) is 0.500. The molecule has 2 fully saturated rings. The molecule has 2 saturated heterocycles. The quantitative estimate of drug-likeness (QED) is 0.701. The first-order valence-electron chi connectivity index (χ1n) is 9.82. The molecule has 0 radical (unpaired) electrons. The third-order valence-electron chi connectivity index (χ3n) is 5.54. The van der Waals surface area contributed by atoms with E-state index in [9.17, 15) is 14.4 Å². The number of nitrogens with zero attached hydrogens (tertiary/aromatic N) is 3. The molecule has 2 N–H and O–H groups in total. The van der Waals surface area contributed by atoms with Crippen LogP contribution in [0.2, 0.25) is 0 Å². The van der Waals surface area contributed by atoms with Crippen LogP contribution in [0.3, 0.4) is 0 Å². The number of aromatic nitrogens is 2. The Kier molecular flexibility index (Phi) is 5.23. The summed E-state index contributed by atoms with van der Waals surface area (Å²) in [5.41, 5.74) is 1.34. The van der Waals surface area contributed by atoms with Gasteiger partial charge < -0.3 is 15.0 Å². The monoisotopic (exact) mass is 399 g/mol. The van der Waals surface area contributed by atoms with Gasteiger partial charge in [-0.15, -0.1) is 0 Å². The van der Waals surface area contributed by atoms with Gasteiger partial charge in [0.05, 0.1) is 11.6 Å². The van der Waals surface area contributed by atoms with E-state index in [0.29, 0.717) is 24.3 Å². The summed E-state index contributed by atoms with van der Waals surface area (Å²) in [4.78, 5) is 38.2. The number of likely N-dealkylation sites (tertiary alicyclic amines) is 1. The molecule has 0 bridgehead atoms. The van der Waals surface area contributed by atoms with Crippen LogP contribution in [0.15, 0.2) is 18.2 Å². The Hall–Kier alpha value is -2.94. The highest BCUT2D eigenvalue weighted by Gasteiger charge is 2.32. The number of para-hydroxylation sites is 1. The fourth-order valence-electron chi connectivity index (χ4n) is 4.12. The van der Waals surface area contributed by atoms with Crippen LogP contribution in [0.1, 0.15) is 30.9 Å². The zero-order valence-corrected chi connectivity index (χ0v) is 16.6. The lowest BCUT2D eigenvalue weighted by molar-refractivity contribution is -0.134. The van der Waals surface area contributed by atoms with Crippen molar-refractivity contribution in [3.8, 4) is 5.75 Å². The standard InChI is InChI=1S/C20H25N5O4/c1-24-9-8-12(10-24)21-17(27)11-29-15-5-3-4-13-18(23-25(2)19(13)15)14-6-7-16(26)22-20(14)28/h3-5,12,14H,6-11H2,1-2H3,(H,21,27)(H,22,26,28). The highest BCUT2D eigenvalue weighted by molar-refractivity contribution is 6.03. The van der Waals surface area contributed by atoms with Crippen molar-refractivity contribution in [3.63, 3.8) is 0 Å². The molecule has 2 atom stereocenters. The topological polar surface area (TPSA) is 106 Å². The maximum absolute atomic E-state index is 12.3. The molecular formula is C20H25N5O4. The Balaban J connectivity index is 1.50. The predicted molar refractivity (Wildman–Crippen MR) is 105 cm³/mol. The molecule has 0 spiro atoms. The molecule has 0 saturated carbocycles. The molecule has 2 aliphatic heterocycles. The molecule has 1 aromatic heterocycles. The minimum Gasteiger partial charge on any atom is -0.482 e. The molecule has 0 aliphatic carbocycles. The number of imide groups is 1. The largest absolute Gasteiger partial charge is 0.482 e. The molecule has 2 unspecified atom stereocenters. The van der Waals surface area contributed by atoms with Gasteiger partial charge in [0, 0.05) is 31.4 Å². The van der Waals surface area contributed by atoms with Crippen LogP contribution < -0.4 is 15.4 Å². The summed E-state index contributed by atoms with van der Waals surface area (Å²) in [6.07, 6.45) is 1.66. The lowest BCUT2D eigenvalue weighted by Gasteiger charge is -2.19. The van der Waals surface area contributed by atoms with Crippen molar-refractivity contribution < 1.29 is 19.1 Å². The molecule has 2 aromatic rings. The average molecular weight is 399 g/mol. The molecule has 9 nitrogen and oxygen atoms in total. The van der Waals surface area contributed by atoms with Gasteiger partial charge >= 0.3 is 0 Å². The second-order valence-electron chi connectivity index (χ2n) is 7.77.